The van der Waals surface area contributed by atoms with Gasteiger partial charge in [-0.05, 0) is 44.4 Å². The van der Waals surface area contributed by atoms with Gasteiger partial charge in [0.05, 0.1) is 42.2 Å². The van der Waals surface area contributed by atoms with Crippen LogP contribution in [0.4, 0.5) is 0 Å². The molecule has 0 aliphatic carbocycles. The van der Waals surface area contributed by atoms with E-state index in [1.807, 2.05) is 29.5 Å². The normalized spacial score (nSPS) is 17.9. The summed E-state index contributed by atoms with van der Waals surface area (Å²) >= 11 is 7.89. The molecule has 3 heterocycles. The fourth-order valence-corrected chi connectivity index (χ4v) is 4.44. The van der Waals surface area contributed by atoms with Crippen molar-refractivity contribution in [1.29, 1.82) is 0 Å². The maximum atomic E-state index is 11.0. The van der Waals surface area contributed by atoms with E-state index in [1.54, 1.807) is 54.8 Å². The third-order valence-corrected chi connectivity index (χ3v) is 5.97. The number of aliphatic hydroxyl groups is 2. The van der Waals surface area contributed by atoms with Gasteiger partial charge in [0.15, 0.2) is 5.65 Å². The molecule has 0 radical (unpaired) electrons. The van der Waals surface area contributed by atoms with Crippen LogP contribution in [0.15, 0.2) is 52.9 Å². The van der Waals surface area contributed by atoms with E-state index in [1.165, 1.54) is 0 Å². The third kappa shape index (κ3) is 4.86. The van der Waals surface area contributed by atoms with E-state index < -0.39 is 11.8 Å². The molecular weight excluding hydrogens is 436 g/mol. The van der Waals surface area contributed by atoms with Crippen molar-refractivity contribution >= 4 is 34.7 Å². The number of aliphatic hydroxyl groups excluding tert-OH is 1. The quantitative estimate of drug-likeness (QED) is 0.368. The van der Waals surface area contributed by atoms with Gasteiger partial charge in [-0.25, -0.2) is 9.50 Å². The van der Waals surface area contributed by atoms with E-state index in [9.17, 15) is 10.2 Å². The van der Waals surface area contributed by atoms with Crippen LogP contribution in [0.25, 0.3) is 5.65 Å². The van der Waals surface area contributed by atoms with Crippen LogP contribution in [-0.4, -0.2) is 66.5 Å². The second-order valence-electron chi connectivity index (χ2n) is 8.10. The van der Waals surface area contributed by atoms with Gasteiger partial charge in [0.1, 0.15) is 6.23 Å². The van der Waals surface area contributed by atoms with Crippen LogP contribution >= 0.6 is 23.4 Å². The summed E-state index contributed by atoms with van der Waals surface area (Å²) in [5, 5.41) is 36.0. The van der Waals surface area contributed by atoms with Gasteiger partial charge in [0.2, 0.25) is 0 Å². The Morgan fingerprint density at radius 2 is 2.19 bits per heavy atom. The highest BCUT2D eigenvalue weighted by molar-refractivity contribution is 7.98. The SMILES string of the molecule is CSc1ccc(Cl)cc1C1=NN(CC(C)(C)O)CC1NC(O)c1cnn2cccnc12. The van der Waals surface area contributed by atoms with Gasteiger partial charge >= 0.3 is 0 Å². The van der Waals surface area contributed by atoms with E-state index in [0.29, 0.717) is 29.3 Å². The lowest BCUT2D eigenvalue weighted by Crippen LogP contribution is -2.43. The fraction of sp³-hybridized carbons (Fsp3) is 0.381. The van der Waals surface area contributed by atoms with E-state index in [4.69, 9.17) is 16.7 Å². The molecule has 0 fully saturated rings. The van der Waals surface area contributed by atoms with Crippen molar-refractivity contribution in [2.75, 3.05) is 19.3 Å². The molecular formula is C21H25ClN6O2S. The summed E-state index contributed by atoms with van der Waals surface area (Å²) in [6.45, 7) is 4.34. The maximum Gasteiger partial charge on any atom is 0.162 e. The molecule has 2 unspecified atom stereocenters. The van der Waals surface area contributed by atoms with E-state index >= 15 is 0 Å². The number of benzene rings is 1. The highest BCUT2D eigenvalue weighted by atomic mass is 35.5. The molecule has 0 bridgehead atoms. The Bertz CT molecular complexity index is 1110. The van der Waals surface area contributed by atoms with Crippen LogP contribution in [-0.2, 0) is 0 Å². The zero-order valence-corrected chi connectivity index (χ0v) is 19.1. The maximum absolute atomic E-state index is 11.0. The second kappa shape index (κ2) is 8.76. The number of hydrogen-bond acceptors (Lipinski definition) is 8. The number of hydrogen-bond donors (Lipinski definition) is 3. The van der Waals surface area contributed by atoms with Crippen molar-refractivity contribution in [3.8, 4) is 0 Å². The molecule has 0 spiro atoms. The molecule has 31 heavy (non-hydrogen) atoms. The minimum atomic E-state index is -0.999. The Hall–Kier alpha value is -2.17. The Labute approximate surface area is 189 Å². The zero-order chi connectivity index (χ0) is 22.2. The molecule has 2 atom stereocenters. The molecule has 0 amide bonds. The van der Waals surface area contributed by atoms with Crippen LogP contribution in [0, 0.1) is 0 Å². The second-order valence-corrected chi connectivity index (χ2v) is 9.38. The summed E-state index contributed by atoms with van der Waals surface area (Å²) in [6, 6.07) is 7.19. The van der Waals surface area contributed by atoms with E-state index in [2.05, 4.69) is 15.4 Å². The van der Waals surface area contributed by atoms with Crippen molar-refractivity contribution < 1.29 is 10.2 Å². The summed E-state index contributed by atoms with van der Waals surface area (Å²) < 4.78 is 1.62. The lowest BCUT2D eigenvalue weighted by Gasteiger charge is -2.25. The summed E-state index contributed by atoms with van der Waals surface area (Å²) in [7, 11) is 0. The smallest absolute Gasteiger partial charge is 0.162 e. The van der Waals surface area contributed by atoms with Gasteiger partial charge in [0, 0.05) is 27.9 Å². The van der Waals surface area contributed by atoms with Crippen LogP contribution in [0.5, 0.6) is 0 Å². The first-order valence-corrected chi connectivity index (χ1v) is 11.5. The van der Waals surface area contributed by atoms with Gasteiger partial charge < -0.3 is 10.2 Å². The monoisotopic (exact) mass is 460 g/mol. The number of hydrazone groups is 1. The van der Waals surface area contributed by atoms with Crippen LogP contribution in [0.3, 0.4) is 0 Å². The Morgan fingerprint density at radius 3 is 2.94 bits per heavy atom. The molecule has 3 N–H and O–H groups in total. The highest BCUT2D eigenvalue weighted by Gasteiger charge is 2.33. The van der Waals surface area contributed by atoms with Crippen LogP contribution in [0.1, 0.15) is 31.2 Å². The van der Waals surface area contributed by atoms with Gasteiger partial charge in [-0.3, -0.25) is 10.3 Å². The average molecular weight is 461 g/mol. The first kappa shape index (κ1) is 22.0. The average Bonchev–Trinajstić information content (AvgIpc) is 3.30. The van der Waals surface area contributed by atoms with Crippen LogP contribution in [0.2, 0.25) is 5.02 Å². The Morgan fingerprint density at radius 1 is 1.39 bits per heavy atom. The number of halogens is 1. The number of rotatable bonds is 7. The standard InChI is InChI=1S/C21H25ClN6O2S/c1-21(2,30)12-27-11-16(18(26-27)14-9-13(22)5-6-17(14)31-3)25-20(29)15-10-24-28-8-4-7-23-19(15)28/h4-10,16,20,25,29-30H,11-12H2,1-3H3. The lowest BCUT2D eigenvalue weighted by molar-refractivity contribution is 0.0379. The zero-order valence-electron chi connectivity index (χ0n) is 17.5. The fourth-order valence-electron chi connectivity index (χ4n) is 3.68. The number of thioether (sulfide) groups is 1. The van der Waals surface area contributed by atoms with Crippen molar-refractivity contribution in [3.63, 3.8) is 0 Å². The van der Waals surface area contributed by atoms with Gasteiger partial charge in [-0.1, -0.05) is 11.6 Å². The first-order chi connectivity index (χ1) is 14.7. The van der Waals surface area contributed by atoms with Gasteiger partial charge in [-0.2, -0.15) is 10.2 Å². The van der Waals surface area contributed by atoms with Crippen molar-refractivity contribution in [2.24, 2.45) is 5.10 Å². The largest absolute Gasteiger partial charge is 0.389 e. The molecule has 3 aromatic rings. The van der Waals surface area contributed by atoms with Gasteiger partial charge in [0.25, 0.3) is 0 Å². The number of nitrogens with one attached hydrogen (secondary N) is 1. The molecule has 0 saturated heterocycles. The molecule has 1 aromatic carbocycles. The number of aromatic nitrogens is 3. The van der Waals surface area contributed by atoms with Crippen molar-refractivity contribution in [3.05, 3.63) is 59.0 Å². The van der Waals surface area contributed by atoms with Crippen LogP contribution < -0.4 is 5.32 Å². The number of nitrogens with zero attached hydrogens (tertiary/aromatic N) is 5. The molecule has 1 aliphatic rings. The van der Waals surface area contributed by atoms with E-state index in [0.717, 1.165) is 16.2 Å². The topological polar surface area (TPSA) is 98.3 Å². The van der Waals surface area contributed by atoms with Gasteiger partial charge in [-0.15, -0.1) is 11.8 Å². The third-order valence-electron chi connectivity index (χ3n) is 4.94. The first-order valence-electron chi connectivity index (χ1n) is 9.87. The number of fused-ring (bicyclic) bond motifs is 1. The van der Waals surface area contributed by atoms with Crippen molar-refractivity contribution in [1.82, 2.24) is 24.9 Å². The molecule has 164 valence electrons. The predicted molar refractivity (Wildman–Crippen MR) is 123 cm³/mol. The molecule has 8 nitrogen and oxygen atoms in total. The predicted octanol–water partition coefficient (Wildman–Crippen LogP) is 2.54. The van der Waals surface area contributed by atoms with Crippen molar-refractivity contribution in [2.45, 2.75) is 36.6 Å². The summed E-state index contributed by atoms with van der Waals surface area (Å²) in [5.41, 5.74) is 1.92. The molecule has 4 rings (SSSR count). The van der Waals surface area contributed by atoms with E-state index in [-0.39, 0.29) is 6.04 Å². The lowest BCUT2D eigenvalue weighted by atomic mass is 10.0. The Kier molecular flexibility index (Phi) is 6.23. The molecule has 2 aromatic heterocycles. The summed E-state index contributed by atoms with van der Waals surface area (Å²) in [6.07, 6.45) is 6.05. The molecule has 1 aliphatic heterocycles. The minimum absolute atomic E-state index is 0.291. The summed E-state index contributed by atoms with van der Waals surface area (Å²) in [4.78, 5) is 5.36. The molecule has 10 heteroatoms. The Balaban J connectivity index is 1.66. The number of β-amino-alcohol motifs (C(OH)–C–C–N with tert-alkyl or cyclic N) is 1. The summed E-state index contributed by atoms with van der Waals surface area (Å²) in [5.74, 6) is 0. The minimum Gasteiger partial charge on any atom is -0.389 e. The highest BCUT2D eigenvalue weighted by Crippen LogP contribution is 2.29. The molecule has 0 saturated carbocycles.